The number of aryl methyl sites for hydroxylation is 1. The normalized spacial score (nSPS) is 10.8. The number of carbonyl (C=O) groups excluding carboxylic acids is 1. The molecule has 0 bridgehead atoms. The predicted octanol–water partition coefficient (Wildman–Crippen LogP) is 1.48. The highest BCUT2D eigenvalue weighted by atomic mass is 16.5. The van der Waals surface area contributed by atoms with Crippen molar-refractivity contribution in [2.75, 3.05) is 20.3 Å². The van der Waals surface area contributed by atoms with E-state index in [1.807, 2.05) is 13.8 Å². The summed E-state index contributed by atoms with van der Waals surface area (Å²) >= 11 is 0. The van der Waals surface area contributed by atoms with Crippen molar-refractivity contribution in [3.05, 3.63) is 17.3 Å². The quantitative estimate of drug-likeness (QED) is 0.772. The molecule has 0 aliphatic heterocycles. The fraction of sp³-hybridized carbons (Fsp3) is 0.636. The molecule has 90 valence electrons. The third-order valence-electron chi connectivity index (χ3n) is 2.11. The van der Waals surface area contributed by atoms with Crippen LogP contribution in [-0.2, 0) is 4.74 Å². The number of ether oxygens (including phenoxy) is 1. The first kappa shape index (κ1) is 12.7. The van der Waals surface area contributed by atoms with Gasteiger partial charge in [0.15, 0.2) is 11.6 Å². The molecule has 5 nitrogen and oxygen atoms in total. The van der Waals surface area contributed by atoms with E-state index in [1.165, 1.54) is 0 Å². The van der Waals surface area contributed by atoms with Gasteiger partial charge in [-0.05, 0) is 6.92 Å². The van der Waals surface area contributed by atoms with E-state index in [-0.39, 0.29) is 11.8 Å². The summed E-state index contributed by atoms with van der Waals surface area (Å²) in [6, 6.07) is 0. The number of hydrogen-bond donors (Lipinski definition) is 1. The summed E-state index contributed by atoms with van der Waals surface area (Å²) in [5.74, 6) is 1.11. The summed E-state index contributed by atoms with van der Waals surface area (Å²) in [7, 11) is 1.59. The number of rotatable bonds is 5. The van der Waals surface area contributed by atoms with Crippen molar-refractivity contribution in [1.82, 2.24) is 10.3 Å². The van der Waals surface area contributed by atoms with Crippen LogP contribution in [0.2, 0.25) is 0 Å². The van der Waals surface area contributed by atoms with Gasteiger partial charge in [0, 0.05) is 19.6 Å². The maximum Gasteiger partial charge on any atom is 0.273 e. The smallest absolute Gasteiger partial charge is 0.273 e. The first-order valence-corrected chi connectivity index (χ1v) is 5.30. The highest BCUT2D eigenvalue weighted by molar-refractivity contribution is 5.93. The Morgan fingerprint density at radius 1 is 1.56 bits per heavy atom. The zero-order valence-corrected chi connectivity index (χ0v) is 10.2. The van der Waals surface area contributed by atoms with Crippen LogP contribution in [0.3, 0.4) is 0 Å². The molecule has 0 radical (unpaired) electrons. The van der Waals surface area contributed by atoms with Crippen LogP contribution in [0.25, 0.3) is 0 Å². The lowest BCUT2D eigenvalue weighted by molar-refractivity contribution is 0.0931. The fourth-order valence-corrected chi connectivity index (χ4v) is 1.22. The van der Waals surface area contributed by atoms with Crippen molar-refractivity contribution < 1.29 is 13.9 Å². The molecule has 1 amide bonds. The second kappa shape index (κ2) is 5.65. The maximum absolute atomic E-state index is 11.7. The van der Waals surface area contributed by atoms with Crippen molar-refractivity contribution in [2.45, 2.75) is 26.7 Å². The van der Waals surface area contributed by atoms with Gasteiger partial charge in [0.05, 0.1) is 6.61 Å². The highest BCUT2D eigenvalue weighted by Gasteiger charge is 2.17. The van der Waals surface area contributed by atoms with Crippen LogP contribution in [0.15, 0.2) is 4.42 Å². The highest BCUT2D eigenvalue weighted by Crippen LogP contribution is 2.17. The third kappa shape index (κ3) is 3.06. The number of hydrogen-bond acceptors (Lipinski definition) is 4. The van der Waals surface area contributed by atoms with Crippen LogP contribution in [0.5, 0.6) is 0 Å². The zero-order valence-electron chi connectivity index (χ0n) is 10.2. The van der Waals surface area contributed by atoms with Gasteiger partial charge in [0.25, 0.3) is 5.91 Å². The molecular weight excluding hydrogens is 208 g/mol. The third-order valence-corrected chi connectivity index (χ3v) is 2.11. The van der Waals surface area contributed by atoms with Gasteiger partial charge < -0.3 is 14.5 Å². The molecule has 0 aromatic carbocycles. The van der Waals surface area contributed by atoms with E-state index >= 15 is 0 Å². The number of methoxy groups -OCH3 is 1. The number of nitrogens with zero attached hydrogens (tertiary/aromatic N) is 1. The van der Waals surface area contributed by atoms with Gasteiger partial charge in [0.1, 0.15) is 5.76 Å². The van der Waals surface area contributed by atoms with Crippen LogP contribution in [-0.4, -0.2) is 31.2 Å². The minimum absolute atomic E-state index is 0.180. The molecule has 1 rings (SSSR count). The van der Waals surface area contributed by atoms with Crippen molar-refractivity contribution in [3.63, 3.8) is 0 Å². The minimum atomic E-state index is -0.217. The summed E-state index contributed by atoms with van der Waals surface area (Å²) in [5.41, 5.74) is 0.361. The summed E-state index contributed by atoms with van der Waals surface area (Å²) in [5, 5.41) is 2.71. The van der Waals surface area contributed by atoms with E-state index < -0.39 is 0 Å². The molecule has 5 heteroatoms. The Kier molecular flexibility index (Phi) is 4.49. The van der Waals surface area contributed by atoms with E-state index in [2.05, 4.69) is 10.3 Å². The summed E-state index contributed by atoms with van der Waals surface area (Å²) in [6.07, 6.45) is 0. The molecule has 0 saturated carbocycles. The molecule has 1 aromatic heterocycles. The molecule has 0 fully saturated rings. The molecule has 0 saturated heterocycles. The Labute approximate surface area is 95.2 Å². The molecule has 0 unspecified atom stereocenters. The van der Waals surface area contributed by atoms with E-state index in [0.29, 0.717) is 30.5 Å². The van der Waals surface area contributed by atoms with E-state index in [1.54, 1.807) is 14.0 Å². The standard InChI is InChI=1S/C11H18N2O3/c1-7(2)11-13-9(8(3)16-11)10(14)12-5-6-15-4/h7H,5-6H2,1-4H3,(H,12,14). The van der Waals surface area contributed by atoms with Gasteiger partial charge in [-0.3, -0.25) is 4.79 Å². The van der Waals surface area contributed by atoms with Crippen LogP contribution < -0.4 is 5.32 Å². The van der Waals surface area contributed by atoms with Gasteiger partial charge in [-0.15, -0.1) is 0 Å². The Hall–Kier alpha value is -1.36. The van der Waals surface area contributed by atoms with Crippen LogP contribution >= 0.6 is 0 Å². The fourth-order valence-electron chi connectivity index (χ4n) is 1.22. The molecule has 0 atom stereocenters. The lowest BCUT2D eigenvalue weighted by atomic mass is 10.2. The number of nitrogens with one attached hydrogen (secondary N) is 1. The van der Waals surface area contributed by atoms with Crippen molar-refractivity contribution in [3.8, 4) is 0 Å². The van der Waals surface area contributed by atoms with Crippen LogP contribution in [0, 0.1) is 6.92 Å². The van der Waals surface area contributed by atoms with Crippen LogP contribution in [0.1, 0.15) is 41.9 Å². The van der Waals surface area contributed by atoms with E-state index in [9.17, 15) is 4.79 Å². The van der Waals surface area contributed by atoms with E-state index in [4.69, 9.17) is 9.15 Å². The molecule has 0 aliphatic rings. The molecule has 16 heavy (non-hydrogen) atoms. The number of carbonyl (C=O) groups is 1. The SMILES string of the molecule is COCCNC(=O)c1nc(C(C)C)oc1C. The van der Waals surface area contributed by atoms with Crippen molar-refractivity contribution in [2.24, 2.45) is 0 Å². The summed E-state index contributed by atoms with van der Waals surface area (Å²) in [6.45, 7) is 6.64. The zero-order chi connectivity index (χ0) is 12.1. The van der Waals surface area contributed by atoms with Crippen LogP contribution in [0.4, 0.5) is 0 Å². The first-order chi connectivity index (χ1) is 7.56. The average Bonchev–Trinajstić information content (AvgIpc) is 2.61. The topological polar surface area (TPSA) is 64.4 Å². The minimum Gasteiger partial charge on any atom is -0.445 e. The van der Waals surface area contributed by atoms with Gasteiger partial charge >= 0.3 is 0 Å². The molecule has 0 aliphatic carbocycles. The van der Waals surface area contributed by atoms with Crippen molar-refractivity contribution in [1.29, 1.82) is 0 Å². The lowest BCUT2D eigenvalue weighted by Crippen LogP contribution is -2.27. The Morgan fingerprint density at radius 2 is 2.25 bits per heavy atom. The first-order valence-electron chi connectivity index (χ1n) is 5.30. The second-order valence-corrected chi connectivity index (χ2v) is 3.86. The Bertz CT molecular complexity index is 358. The largest absolute Gasteiger partial charge is 0.445 e. The monoisotopic (exact) mass is 226 g/mol. The number of oxazole rings is 1. The summed E-state index contributed by atoms with van der Waals surface area (Å²) in [4.78, 5) is 15.9. The second-order valence-electron chi connectivity index (χ2n) is 3.86. The predicted molar refractivity (Wildman–Crippen MR) is 59.5 cm³/mol. The molecule has 0 spiro atoms. The summed E-state index contributed by atoms with van der Waals surface area (Å²) < 4.78 is 10.2. The Balaban J connectivity index is 2.68. The Morgan fingerprint density at radius 3 is 2.75 bits per heavy atom. The molecular formula is C11H18N2O3. The van der Waals surface area contributed by atoms with Gasteiger partial charge in [0.2, 0.25) is 0 Å². The van der Waals surface area contributed by atoms with Crippen molar-refractivity contribution >= 4 is 5.91 Å². The van der Waals surface area contributed by atoms with Gasteiger partial charge in [-0.1, -0.05) is 13.8 Å². The number of amides is 1. The number of aromatic nitrogens is 1. The lowest BCUT2D eigenvalue weighted by Gasteiger charge is -2.01. The molecule has 1 aromatic rings. The van der Waals surface area contributed by atoms with Gasteiger partial charge in [-0.25, -0.2) is 4.98 Å². The average molecular weight is 226 g/mol. The molecule has 1 N–H and O–H groups in total. The molecule has 1 heterocycles. The maximum atomic E-state index is 11.7. The van der Waals surface area contributed by atoms with Gasteiger partial charge in [-0.2, -0.15) is 0 Å². The van der Waals surface area contributed by atoms with E-state index in [0.717, 1.165) is 0 Å².